The highest BCUT2D eigenvalue weighted by Gasteiger charge is 2.10. The Bertz CT molecular complexity index is 1090. The van der Waals surface area contributed by atoms with Gasteiger partial charge in [0.2, 0.25) is 17.7 Å². The normalized spacial score (nSPS) is 10.8. The summed E-state index contributed by atoms with van der Waals surface area (Å²) in [4.78, 5) is 14.1. The van der Waals surface area contributed by atoms with Crippen LogP contribution in [0.15, 0.2) is 48.5 Å². The first kappa shape index (κ1) is 17.5. The van der Waals surface area contributed by atoms with Gasteiger partial charge in [-0.25, -0.2) is 0 Å². The number of hydrogen-bond acceptors (Lipinski definition) is 8. The largest absolute Gasteiger partial charge is 0.368 e. The maximum atomic E-state index is 5.83. The molecule has 0 amide bonds. The highest BCUT2D eigenvalue weighted by Crippen LogP contribution is 2.16. The molecule has 2 heterocycles. The molecule has 0 aliphatic rings. The molecule has 0 bridgehead atoms. The monoisotopic (exact) mass is 373 g/mol. The van der Waals surface area contributed by atoms with Gasteiger partial charge in [0, 0.05) is 11.3 Å². The van der Waals surface area contributed by atoms with Gasteiger partial charge < -0.3 is 11.1 Å². The number of hydrogen-bond donors (Lipinski definition) is 2. The van der Waals surface area contributed by atoms with Crippen LogP contribution in [0.5, 0.6) is 0 Å². The van der Waals surface area contributed by atoms with Crippen molar-refractivity contribution in [3.63, 3.8) is 0 Å². The fourth-order valence-corrected chi connectivity index (χ4v) is 2.59. The molecule has 0 aliphatic heterocycles. The van der Waals surface area contributed by atoms with Crippen LogP contribution in [0.1, 0.15) is 17.0 Å². The lowest BCUT2D eigenvalue weighted by atomic mass is 10.1. The smallest absolute Gasteiger partial charge is 0.232 e. The molecule has 9 nitrogen and oxygen atoms in total. The van der Waals surface area contributed by atoms with Crippen molar-refractivity contribution in [2.75, 3.05) is 11.1 Å². The quantitative estimate of drug-likeness (QED) is 0.547. The molecule has 4 aromatic rings. The van der Waals surface area contributed by atoms with Gasteiger partial charge in [-0.15, -0.1) is 10.2 Å². The van der Waals surface area contributed by atoms with E-state index in [1.165, 1.54) is 15.9 Å². The molecule has 9 heteroatoms. The summed E-state index contributed by atoms with van der Waals surface area (Å²) in [7, 11) is 0. The van der Waals surface area contributed by atoms with Crippen molar-refractivity contribution in [2.45, 2.75) is 20.4 Å². The van der Waals surface area contributed by atoms with Gasteiger partial charge in [0.1, 0.15) is 6.54 Å². The third-order valence-electron chi connectivity index (χ3n) is 4.05. The molecule has 0 fully saturated rings. The molecule has 0 unspecified atom stereocenters. The number of benzene rings is 2. The summed E-state index contributed by atoms with van der Waals surface area (Å²) in [6, 6.07) is 15.8. The van der Waals surface area contributed by atoms with Crippen LogP contribution < -0.4 is 11.1 Å². The molecular weight excluding hydrogens is 354 g/mol. The number of nitrogens with zero attached hydrogens (tertiary/aromatic N) is 7. The first-order valence-electron chi connectivity index (χ1n) is 8.74. The summed E-state index contributed by atoms with van der Waals surface area (Å²) < 4.78 is 0. The maximum Gasteiger partial charge on any atom is 0.232 e. The molecule has 0 atom stereocenters. The van der Waals surface area contributed by atoms with Crippen molar-refractivity contribution >= 4 is 17.6 Å². The second-order valence-corrected chi connectivity index (χ2v) is 6.43. The predicted molar refractivity (Wildman–Crippen MR) is 106 cm³/mol. The molecule has 4 rings (SSSR count). The zero-order valence-corrected chi connectivity index (χ0v) is 15.5. The van der Waals surface area contributed by atoms with E-state index in [2.05, 4.69) is 35.7 Å². The number of aryl methyl sites for hydroxylation is 2. The first-order valence-corrected chi connectivity index (χ1v) is 8.74. The molecule has 2 aromatic carbocycles. The predicted octanol–water partition coefficient (Wildman–Crippen LogP) is 2.52. The van der Waals surface area contributed by atoms with Gasteiger partial charge in [-0.3, -0.25) is 0 Å². The molecule has 28 heavy (non-hydrogen) atoms. The van der Waals surface area contributed by atoms with Gasteiger partial charge in [0.25, 0.3) is 0 Å². The van der Waals surface area contributed by atoms with Gasteiger partial charge in [-0.05, 0) is 31.2 Å². The standard InChI is InChI=1S/C19H19N9/c1-12-3-7-14(8-4-12)17-25-27-28(26-17)11-16-22-18(20)24-19(23-16)21-15-9-5-13(2)6-10-15/h3-10H,11H2,1-2H3,(H3,20,21,22,23,24). The number of anilines is 3. The van der Waals surface area contributed by atoms with Crippen molar-refractivity contribution < 1.29 is 0 Å². The molecule has 0 spiro atoms. The number of aromatic nitrogens is 7. The Morgan fingerprint density at radius 2 is 1.57 bits per heavy atom. The summed E-state index contributed by atoms with van der Waals surface area (Å²) in [5.41, 5.74) is 9.94. The number of nitrogens with one attached hydrogen (secondary N) is 1. The molecule has 3 N–H and O–H groups in total. The van der Waals surface area contributed by atoms with Gasteiger partial charge in [-0.1, -0.05) is 47.5 Å². The van der Waals surface area contributed by atoms with Crippen LogP contribution in [0.25, 0.3) is 11.4 Å². The lowest BCUT2D eigenvalue weighted by Crippen LogP contribution is -2.12. The van der Waals surface area contributed by atoms with Crippen molar-refractivity contribution in [1.29, 1.82) is 0 Å². The molecule has 140 valence electrons. The van der Waals surface area contributed by atoms with E-state index in [1.54, 1.807) is 0 Å². The number of nitrogen functional groups attached to an aromatic ring is 1. The fourth-order valence-electron chi connectivity index (χ4n) is 2.59. The Kier molecular flexibility index (Phi) is 4.63. The third-order valence-corrected chi connectivity index (χ3v) is 4.05. The molecule has 2 aromatic heterocycles. The topological polar surface area (TPSA) is 120 Å². The van der Waals surface area contributed by atoms with Crippen molar-refractivity contribution in [3.8, 4) is 11.4 Å². The van der Waals surface area contributed by atoms with Crippen LogP contribution in [0.2, 0.25) is 0 Å². The summed E-state index contributed by atoms with van der Waals surface area (Å²) in [5, 5.41) is 15.7. The second-order valence-electron chi connectivity index (χ2n) is 6.43. The van der Waals surface area contributed by atoms with Crippen LogP contribution in [0.3, 0.4) is 0 Å². The Morgan fingerprint density at radius 1 is 0.893 bits per heavy atom. The van der Waals surface area contributed by atoms with E-state index in [1.807, 2.05) is 62.4 Å². The second kappa shape index (κ2) is 7.39. The van der Waals surface area contributed by atoms with Crippen molar-refractivity contribution in [1.82, 2.24) is 35.2 Å². The number of tetrazole rings is 1. The third kappa shape index (κ3) is 4.09. The molecule has 0 saturated heterocycles. The Morgan fingerprint density at radius 3 is 2.29 bits per heavy atom. The minimum atomic E-state index is 0.124. The van der Waals surface area contributed by atoms with Crippen LogP contribution in [0, 0.1) is 13.8 Å². The average molecular weight is 373 g/mol. The van der Waals surface area contributed by atoms with E-state index in [0.29, 0.717) is 17.6 Å². The fraction of sp³-hybridized carbons (Fsp3) is 0.158. The Balaban J connectivity index is 1.52. The SMILES string of the molecule is Cc1ccc(Nc2nc(N)nc(Cn3nnc(-c4ccc(C)cc4)n3)n2)cc1. The van der Waals surface area contributed by atoms with E-state index < -0.39 is 0 Å². The highest BCUT2D eigenvalue weighted by molar-refractivity contribution is 5.55. The van der Waals surface area contributed by atoms with E-state index >= 15 is 0 Å². The first-order chi connectivity index (χ1) is 13.5. The van der Waals surface area contributed by atoms with Gasteiger partial charge in [0.15, 0.2) is 5.82 Å². The maximum absolute atomic E-state index is 5.83. The van der Waals surface area contributed by atoms with E-state index in [0.717, 1.165) is 11.3 Å². The van der Waals surface area contributed by atoms with Crippen LogP contribution in [-0.2, 0) is 6.54 Å². The summed E-state index contributed by atoms with van der Waals surface area (Å²) in [6.45, 7) is 4.29. The summed E-state index contributed by atoms with van der Waals surface area (Å²) in [6.07, 6.45) is 0. The lowest BCUT2D eigenvalue weighted by Gasteiger charge is -2.07. The number of nitrogens with two attached hydrogens (primary N) is 1. The average Bonchev–Trinajstić information content (AvgIpc) is 3.12. The molecule has 0 radical (unpaired) electrons. The highest BCUT2D eigenvalue weighted by atomic mass is 15.6. The van der Waals surface area contributed by atoms with Crippen molar-refractivity contribution in [3.05, 3.63) is 65.5 Å². The zero-order valence-electron chi connectivity index (χ0n) is 15.5. The van der Waals surface area contributed by atoms with Crippen LogP contribution in [-0.4, -0.2) is 35.2 Å². The van der Waals surface area contributed by atoms with Gasteiger partial charge >= 0.3 is 0 Å². The van der Waals surface area contributed by atoms with Gasteiger partial charge in [-0.2, -0.15) is 19.7 Å². The lowest BCUT2D eigenvalue weighted by molar-refractivity contribution is 0.554. The molecule has 0 saturated carbocycles. The van der Waals surface area contributed by atoms with E-state index in [9.17, 15) is 0 Å². The minimum absolute atomic E-state index is 0.124. The van der Waals surface area contributed by atoms with E-state index in [4.69, 9.17) is 5.73 Å². The van der Waals surface area contributed by atoms with Crippen LogP contribution in [0.4, 0.5) is 17.6 Å². The molecule has 0 aliphatic carbocycles. The zero-order chi connectivity index (χ0) is 19.5. The van der Waals surface area contributed by atoms with E-state index in [-0.39, 0.29) is 12.5 Å². The Labute approximate surface area is 161 Å². The van der Waals surface area contributed by atoms with Crippen LogP contribution >= 0.6 is 0 Å². The minimum Gasteiger partial charge on any atom is -0.368 e. The summed E-state index contributed by atoms with van der Waals surface area (Å²) in [5.74, 6) is 1.47. The molecular formula is C19H19N9. The van der Waals surface area contributed by atoms with Crippen molar-refractivity contribution in [2.24, 2.45) is 0 Å². The number of rotatable bonds is 5. The Hall–Kier alpha value is -3.88. The summed E-state index contributed by atoms with van der Waals surface area (Å²) >= 11 is 0. The van der Waals surface area contributed by atoms with Gasteiger partial charge in [0.05, 0.1) is 0 Å².